The van der Waals surface area contributed by atoms with Crippen LogP contribution in [0.1, 0.15) is 21.3 Å². The van der Waals surface area contributed by atoms with Crippen LogP contribution in [0.2, 0.25) is 0 Å². The third-order valence-corrected chi connectivity index (χ3v) is 3.25. The van der Waals surface area contributed by atoms with Crippen LogP contribution in [0.15, 0.2) is 47.8 Å². The summed E-state index contributed by atoms with van der Waals surface area (Å²) in [7, 11) is 0. The highest BCUT2D eigenvalue weighted by molar-refractivity contribution is 7.12. The molecule has 4 heteroatoms. The Morgan fingerprint density at radius 3 is 2.65 bits per heavy atom. The Labute approximate surface area is 104 Å². The van der Waals surface area contributed by atoms with Crippen molar-refractivity contribution < 1.29 is 9.90 Å². The summed E-state index contributed by atoms with van der Waals surface area (Å²) >= 11 is 1.38. The first-order valence-corrected chi connectivity index (χ1v) is 6.20. The lowest BCUT2D eigenvalue weighted by Crippen LogP contribution is -2.27. The minimum Gasteiger partial charge on any atom is -0.387 e. The molecule has 0 aliphatic carbocycles. The van der Waals surface area contributed by atoms with E-state index in [4.69, 9.17) is 0 Å². The number of rotatable bonds is 4. The van der Waals surface area contributed by atoms with Crippen LogP contribution < -0.4 is 5.32 Å². The Balaban J connectivity index is 1.89. The molecule has 0 spiro atoms. The average Bonchev–Trinajstić information content (AvgIpc) is 2.90. The monoisotopic (exact) mass is 247 g/mol. The molecule has 2 aromatic rings. The first kappa shape index (κ1) is 11.8. The highest BCUT2D eigenvalue weighted by Crippen LogP contribution is 2.12. The quantitative estimate of drug-likeness (QED) is 0.870. The van der Waals surface area contributed by atoms with E-state index in [0.717, 1.165) is 5.56 Å². The summed E-state index contributed by atoms with van der Waals surface area (Å²) in [5.74, 6) is -0.144. The van der Waals surface area contributed by atoms with Crippen molar-refractivity contribution in [3.05, 3.63) is 58.3 Å². The van der Waals surface area contributed by atoms with Gasteiger partial charge in [-0.1, -0.05) is 36.4 Å². The van der Waals surface area contributed by atoms with Crippen molar-refractivity contribution >= 4 is 17.2 Å². The van der Waals surface area contributed by atoms with Gasteiger partial charge in [0.05, 0.1) is 11.0 Å². The normalized spacial score (nSPS) is 12.1. The van der Waals surface area contributed by atoms with Gasteiger partial charge in [-0.2, -0.15) is 0 Å². The smallest absolute Gasteiger partial charge is 0.261 e. The van der Waals surface area contributed by atoms with Crippen LogP contribution in [0.4, 0.5) is 0 Å². The largest absolute Gasteiger partial charge is 0.387 e. The van der Waals surface area contributed by atoms with Crippen LogP contribution in [0, 0.1) is 0 Å². The van der Waals surface area contributed by atoms with E-state index in [1.54, 1.807) is 6.07 Å². The maximum atomic E-state index is 11.6. The van der Waals surface area contributed by atoms with Crippen LogP contribution in [-0.2, 0) is 0 Å². The molecule has 0 saturated heterocycles. The summed E-state index contributed by atoms with van der Waals surface area (Å²) in [5, 5.41) is 14.4. The van der Waals surface area contributed by atoms with Crippen molar-refractivity contribution in [3.8, 4) is 0 Å². The molecule has 1 atom stereocenters. The number of benzene rings is 1. The van der Waals surface area contributed by atoms with E-state index in [-0.39, 0.29) is 12.5 Å². The number of hydrogen-bond donors (Lipinski definition) is 2. The lowest BCUT2D eigenvalue weighted by atomic mass is 10.1. The molecule has 0 unspecified atom stereocenters. The first-order chi connectivity index (χ1) is 8.27. The molecule has 88 valence electrons. The van der Waals surface area contributed by atoms with E-state index in [2.05, 4.69) is 5.32 Å². The molecule has 0 aliphatic rings. The van der Waals surface area contributed by atoms with Crippen molar-refractivity contribution in [2.75, 3.05) is 6.54 Å². The molecule has 17 heavy (non-hydrogen) atoms. The van der Waals surface area contributed by atoms with E-state index in [1.807, 2.05) is 41.8 Å². The van der Waals surface area contributed by atoms with Gasteiger partial charge < -0.3 is 10.4 Å². The van der Waals surface area contributed by atoms with Crippen LogP contribution >= 0.6 is 11.3 Å². The van der Waals surface area contributed by atoms with Gasteiger partial charge in [-0.25, -0.2) is 0 Å². The molecule has 0 fully saturated rings. The van der Waals surface area contributed by atoms with Crippen molar-refractivity contribution in [1.29, 1.82) is 0 Å². The Bertz CT molecular complexity index is 467. The third kappa shape index (κ3) is 3.15. The highest BCUT2D eigenvalue weighted by Gasteiger charge is 2.10. The van der Waals surface area contributed by atoms with E-state index in [0.29, 0.717) is 4.88 Å². The molecular weight excluding hydrogens is 234 g/mol. The molecular formula is C13H13NO2S. The fraction of sp³-hybridized carbons (Fsp3) is 0.154. The average molecular weight is 247 g/mol. The van der Waals surface area contributed by atoms with Crippen LogP contribution in [0.25, 0.3) is 0 Å². The molecule has 2 N–H and O–H groups in total. The summed E-state index contributed by atoms with van der Waals surface area (Å²) < 4.78 is 0. The summed E-state index contributed by atoms with van der Waals surface area (Å²) in [6.45, 7) is 0.223. The van der Waals surface area contributed by atoms with Gasteiger partial charge in [0.15, 0.2) is 0 Å². The second-order valence-electron chi connectivity index (χ2n) is 3.61. The molecule has 2 rings (SSSR count). The number of aliphatic hydroxyl groups is 1. The highest BCUT2D eigenvalue weighted by atomic mass is 32.1. The summed E-state index contributed by atoms with van der Waals surface area (Å²) in [6.07, 6.45) is -0.667. The Morgan fingerprint density at radius 1 is 1.24 bits per heavy atom. The summed E-state index contributed by atoms with van der Waals surface area (Å²) in [4.78, 5) is 12.3. The molecule has 3 nitrogen and oxygen atoms in total. The molecule has 1 amide bonds. The van der Waals surface area contributed by atoms with Gasteiger partial charge in [0.25, 0.3) is 5.91 Å². The molecule has 1 aromatic carbocycles. The second kappa shape index (κ2) is 5.61. The second-order valence-corrected chi connectivity index (χ2v) is 4.56. The minimum absolute atomic E-state index is 0.144. The number of nitrogens with one attached hydrogen (secondary N) is 1. The van der Waals surface area contributed by atoms with Crippen molar-refractivity contribution in [2.45, 2.75) is 6.10 Å². The molecule has 1 heterocycles. The fourth-order valence-corrected chi connectivity index (χ4v) is 2.12. The lowest BCUT2D eigenvalue weighted by molar-refractivity contribution is 0.0920. The molecule has 1 aromatic heterocycles. The minimum atomic E-state index is -0.667. The zero-order valence-electron chi connectivity index (χ0n) is 9.17. The SMILES string of the molecule is O=C(NC[C@H](O)c1ccccc1)c1cccs1. The van der Waals surface area contributed by atoms with Crippen LogP contribution in [0.5, 0.6) is 0 Å². The predicted octanol–water partition coefficient (Wildman–Crippen LogP) is 2.21. The van der Waals surface area contributed by atoms with Crippen molar-refractivity contribution in [1.82, 2.24) is 5.32 Å². The third-order valence-electron chi connectivity index (χ3n) is 2.39. The molecule has 0 saturated carbocycles. The number of carbonyl (C=O) groups is 1. The molecule has 0 radical (unpaired) electrons. The van der Waals surface area contributed by atoms with Gasteiger partial charge >= 0.3 is 0 Å². The molecule has 0 aliphatic heterocycles. The number of carbonyl (C=O) groups excluding carboxylic acids is 1. The summed E-state index contributed by atoms with van der Waals surface area (Å²) in [5.41, 5.74) is 0.805. The van der Waals surface area contributed by atoms with Gasteiger partial charge in [0.2, 0.25) is 0 Å². The zero-order valence-corrected chi connectivity index (χ0v) is 9.98. The van der Waals surface area contributed by atoms with E-state index >= 15 is 0 Å². The Hall–Kier alpha value is -1.65. The topological polar surface area (TPSA) is 49.3 Å². The standard InChI is InChI=1S/C13H13NO2S/c15-11(10-5-2-1-3-6-10)9-14-13(16)12-7-4-8-17-12/h1-8,11,15H,9H2,(H,14,16)/t11-/m0/s1. The summed E-state index contributed by atoms with van der Waals surface area (Å²) in [6, 6.07) is 12.9. The van der Waals surface area contributed by atoms with Gasteiger partial charge in [0.1, 0.15) is 0 Å². The Kier molecular flexibility index (Phi) is 3.90. The maximum absolute atomic E-state index is 11.6. The number of amides is 1. The van der Waals surface area contributed by atoms with Gasteiger partial charge in [0, 0.05) is 6.54 Å². The number of aliphatic hydroxyl groups excluding tert-OH is 1. The van der Waals surface area contributed by atoms with Gasteiger partial charge in [-0.05, 0) is 17.0 Å². The Morgan fingerprint density at radius 2 is 2.00 bits per heavy atom. The van der Waals surface area contributed by atoms with Gasteiger partial charge in [-0.15, -0.1) is 11.3 Å². The van der Waals surface area contributed by atoms with Crippen LogP contribution in [0.3, 0.4) is 0 Å². The van der Waals surface area contributed by atoms with E-state index < -0.39 is 6.10 Å². The van der Waals surface area contributed by atoms with Gasteiger partial charge in [-0.3, -0.25) is 4.79 Å². The van der Waals surface area contributed by atoms with E-state index in [1.165, 1.54) is 11.3 Å². The van der Waals surface area contributed by atoms with Crippen molar-refractivity contribution in [2.24, 2.45) is 0 Å². The van der Waals surface area contributed by atoms with Crippen molar-refractivity contribution in [3.63, 3.8) is 0 Å². The zero-order chi connectivity index (χ0) is 12.1. The number of thiophene rings is 1. The lowest BCUT2D eigenvalue weighted by Gasteiger charge is -2.11. The van der Waals surface area contributed by atoms with Crippen LogP contribution in [-0.4, -0.2) is 17.6 Å². The van der Waals surface area contributed by atoms with E-state index in [9.17, 15) is 9.90 Å². The first-order valence-electron chi connectivity index (χ1n) is 5.32. The fourth-order valence-electron chi connectivity index (χ4n) is 1.48. The number of hydrogen-bond acceptors (Lipinski definition) is 3. The molecule has 0 bridgehead atoms. The maximum Gasteiger partial charge on any atom is 0.261 e. The predicted molar refractivity (Wildman–Crippen MR) is 68.1 cm³/mol.